The quantitative estimate of drug-likeness (QED) is 0.805. The van der Waals surface area contributed by atoms with Gasteiger partial charge in [0.2, 0.25) is 5.91 Å². The molecule has 2 aromatic carbocycles. The molecule has 3 rings (SSSR count). The molecule has 0 aliphatic carbocycles. The maximum absolute atomic E-state index is 12.4. The summed E-state index contributed by atoms with van der Waals surface area (Å²) in [6, 6.07) is 12.5. The van der Waals surface area contributed by atoms with Gasteiger partial charge >= 0.3 is 0 Å². The zero-order valence-electron chi connectivity index (χ0n) is 16.4. The number of aliphatic hydroxyl groups is 1. The van der Waals surface area contributed by atoms with Crippen molar-refractivity contribution in [2.24, 2.45) is 0 Å². The molecule has 28 heavy (non-hydrogen) atoms. The van der Waals surface area contributed by atoms with Gasteiger partial charge in [-0.2, -0.15) is 0 Å². The van der Waals surface area contributed by atoms with Gasteiger partial charge in [-0.1, -0.05) is 12.1 Å². The van der Waals surface area contributed by atoms with Gasteiger partial charge in [-0.05, 0) is 61.7 Å². The molecule has 1 atom stereocenters. The average molecular weight is 382 g/mol. The van der Waals surface area contributed by atoms with E-state index in [0.717, 1.165) is 23.4 Å². The molecular weight excluding hydrogens is 356 g/mol. The molecule has 2 aromatic rings. The molecular formula is C22H26N2O4. The van der Waals surface area contributed by atoms with Crippen molar-refractivity contribution in [3.8, 4) is 5.75 Å². The number of nitrogens with one attached hydrogen (secondary N) is 1. The minimum absolute atomic E-state index is 0.00360. The molecule has 0 fully saturated rings. The van der Waals surface area contributed by atoms with Gasteiger partial charge in [0, 0.05) is 31.3 Å². The number of amides is 2. The summed E-state index contributed by atoms with van der Waals surface area (Å²) >= 11 is 0. The van der Waals surface area contributed by atoms with Gasteiger partial charge in [-0.3, -0.25) is 9.59 Å². The Hall–Kier alpha value is -2.86. The standard InChI is InChI=1S/C22H26N2O4/c1-14(2)28-19-7-4-16(5-8-19)21(26)13-23-22(27)18-6-9-20-17(12-18)10-11-24(20)15(3)25/h4-9,12,14,21,26H,10-11,13H2,1-3H3,(H,23,27). The second kappa shape index (κ2) is 8.44. The number of benzene rings is 2. The van der Waals surface area contributed by atoms with Crippen molar-refractivity contribution in [3.05, 3.63) is 59.2 Å². The van der Waals surface area contributed by atoms with Crippen LogP contribution in [0.25, 0.3) is 0 Å². The molecule has 0 saturated carbocycles. The summed E-state index contributed by atoms with van der Waals surface area (Å²) in [6.07, 6.45) is 0.0216. The SMILES string of the molecule is CC(=O)N1CCc2cc(C(=O)NCC(O)c3ccc(OC(C)C)cc3)ccc21. The highest BCUT2D eigenvalue weighted by Crippen LogP contribution is 2.29. The number of hydrogen-bond acceptors (Lipinski definition) is 4. The highest BCUT2D eigenvalue weighted by molar-refractivity contribution is 5.97. The molecule has 1 heterocycles. The van der Waals surface area contributed by atoms with E-state index in [2.05, 4.69) is 5.32 Å². The van der Waals surface area contributed by atoms with Gasteiger partial charge in [0.05, 0.1) is 12.2 Å². The summed E-state index contributed by atoms with van der Waals surface area (Å²) in [5, 5.41) is 13.1. The lowest BCUT2D eigenvalue weighted by molar-refractivity contribution is -0.116. The Morgan fingerprint density at radius 1 is 1.18 bits per heavy atom. The number of anilines is 1. The maximum Gasteiger partial charge on any atom is 0.251 e. The Morgan fingerprint density at radius 3 is 2.54 bits per heavy atom. The third-order valence-corrected chi connectivity index (χ3v) is 4.71. The van der Waals surface area contributed by atoms with Crippen molar-refractivity contribution in [3.63, 3.8) is 0 Å². The van der Waals surface area contributed by atoms with Crippen LogP contribution in [0.5, 0.6) is 5.75 Å². The summed E-state index contributed by atoms with van der Waals surface area (Å²) in [5.41, 5.74) is 3.09. The van der Waals surface area contributed by atoms with E-state index in [-0.39, 0.29) is 24.5 Å². The van der Waals surface area contributed by atoms with Crippen molar-refractivity contribution in [2.45, 2.75) is 39.4 Å². The van der Waals surface area contributed by atoms with Crippen LogP contribution in [0.1, 0.15) is 48.4 Å². The van der Waals surface area contributed by atoms with Gasteiger partial charge < -0.3 is 20.1 Å². The monoisotopic (exact) mass is 382 g/mol. The molecule has 0 aromatic heterocycles. The lowest BCUT2D eigenvalue weighted by Gasteiger charge is -2.16. The second-order valence-electron chi connectivity index (χ2n) is 7.23. The minimum atomic E-state index is -0.806. The first kappa shape index (κ1) is 19.9. The number of fused-ring (bicyclic) bond motifs is 1. The van der Waals surface area contributed by atoms with E-state index < -0.39 is 6.10 Å². The van der Waals surface area contributed by atoms with Crippen LogP contribution in [0, 0.1) is 0 Å². The highest BCUT2D eigenvalue weighted by atomic mass is 16.5. The van der Waals surface area contributed by atoms with E-state index >= 15 is 0 Å². The normalized spacial score (nSPS) is 14.0. The van der Waals surface area contributed by atoms with Gasteiger partial charge in [-0.15, -0.1) is 0 Å². The number of carbonyl (C=O) groups excluding carboxylic acids is 2. The Bertz CT molecular complexity index is 861. The van der Waals surface area contributed by atoms with Gasteiger partial charge in [-0.25, -0.2) is 0 Å². The van der Waals surface area contributed by atoms with Crippen LogP contribution < -0.4 is 15.0 Å². The topological polar surface area (TPSA) is 78.9 Å². The fraction of sp³-hybridized carbons (Fsp3) is 0.364. The molecule has 2 amide bonds. The minimum Gasteiger partial charge on any atom is -0.491 e. The molecule has 1 aliphatic heterocycles. The summed E-state index contributed by atoms with van der Waals surface area (Å²) in [7, 11) is 0. The van der Waals surface area contributed by atoms with E-state index in [4.69, 9.17) is 4.74 Å². The van der Waals surface area contributed by atoms with E-state index in [1.807, 2.05) is 38.1 Å². The fourth-order valence-electron chi connectivity index (χ4n) is 3.32. The number of aliphatic hydroxyl groups excluding tert-OH is 1. The van der Waals surface area contributed by atoms with E-state index in [0.29, 0.717) is 17.7 Å². The summed E-state index contributed by atoms with van der Waals surface area (Å²) in [5.74, 6) is 0.500. The van der Waals surface area contributed by atoms with Crippen molar-refractivity contribution < 1.29 is 19.4 Å². The van der Waals surface area contributed by atoms with E-state index in [1.165, 1.54) is 0 Å². The van der Waals surface area contributed by atoms with Crippen LogP contribution in [0.4, 0.5) is 5.69 Å². The Labute approximate surface area is 165 Å². The first-order valence-corrected chi connectivity index (χ1v) is 9.49. The fourth-order valence-corrected chi connectivity index (χ4v) is 3.32. The molecule has 6 heteroatoms. The third-order valence-electron chi connectivity index (χ3n) is 4.71. The van der Waals surface area contributed by atoms with Crippen molar-refractivity contribution in [2.75, 3.05) is 18.0 Å². The Balaban J connectivity index is 1.59. The summed E-state index contributed by atoms with van der Waals surface area (Å²) < 4.78 is 5.59. The Morgan fingerprint density at radius 2 is 1.89 bits per heavy atom. The molecule has 1 unspecified atom stereocenters. The summed E-state index contributed by atoms with van der Waals surface area (Å²) in [4.78, 5) is 25.8. The van der Waals surface area contributed by atoms with Crippen LogP contribution in [0.15, 0.2) is 42.5 Å². The highest BCUT2D eigenvalue weighted by Gasteiger charge is 2.23. The lowest BCUT2D eigenvalue weighted by Crippen LogP contribution is -2.28. The van der Waals surface area contributed by atoms with Crippen molar-refractivity contribution in [1.29, 1.82) is 0 Å². The molecule has 0 radical (unpaired) electrons. The molecule has 1 aliphatic rings. The van der Waals surface area contributed by atoms with Crippen LogP contribution in [0.3, 0.4) is 0 Å². The Kier molecular flexibility index (Phi) is 5.99. The smallest absolute Gasteiger partial charge is 0.251 e. The average Bonchev–Trinajstić information content (AvgIpc) is 3.09. The van der Waals surface area contributed by atoms with Crippen molar-refractivity contribution in [1.82, 2.24) is 5.32 Å². The van der Waals surface area contributed by atoms with E-state index in [9.17, 15) is 14.7 Å². The zero-order valence-corrected chi connectivity index (χ0v) is 16.4. The van der Waals surface area contributed by atoms with Crippen LogP contribution in [0.2, 0.25) is 0 Å². The number of ether oxygens (including phenoxy) is 1. The number of hydrogen-bond donors (Lipinski definition) is 2. The second-order valence-corrected chi connectivity index (χ2v) is 7.23. The van der Waals surface area contributed by atoms with Gasteiger partial charge in [0.15, 0.2) is 0 Å². The predicted molar refractivity (Wildman–Crippen MR) is 108 cm³/mol. The maximum atomic E-state index is 12.4. The van der Waals surface area contributed by atoms with Gasteiger partial charge in [0.25, 0.3) is 5.91 Å². The number of rotatable bonds is 6. The van der Waals surface area contributed by atoms with Crippen molar-refractivity contribution >= 4 is 17.5 Å². The number of carbonyl (C=O) groups is 2. The van der Waals surface area contributed by atoms with Crippen LogP contribution in [-0.2, 0) is 11.2 Å². The predicted octanol–water partition coefficient (Wildman–Crippen LogP) is 2.85. The lowest BCUT2D eigenvalue weighted by atomic mass is 10.1. The van der Waals surface area contributed by atoms with Crippen LogP contribution in [-0.4, -0.2) is 36.1 Å². The number of nitrogens with zero attached hydrogens (tertiary/aromatic N) is 1. The van der Waals surface area contributed by atoms with E-state index in [1.54, 1.807) is 30.0 Å². The third kappa shape index (κ3) is 4.51. The largest absolute Gasteiger partial charge is 0.491 e. The molecule has 148 valence electrons. The molecule has 2 N–H and O–H groups in total. The molecule has 0 saturated heterocycles. The summed E-state index contributed by atoms with van der Waals surface area (Å²) in [6.45, 7) is 6.20. The zero-order chi connectivity index (χ0) is 20.3. The molecule has 6 nitrogen and oxygen atoms in total. The van der Waals surface area contributed by atoms with Crippen LogP contribution >= 0.6 is 0 Å². The first-order chi connectivity index (χ1) is 13.3. The first-order valence-electron chi connectivity index (χ1n) is 9.49. The molecule has 0 spiro atoms. The van der Waals surface area contributed by atoms with Gasteiger partial charge in [0.1, 0.15) is 5.75 Å². The molecule has 0 bridgehead atoms.